The monoisotopic (exact) mass is 203 g/mol. The minimum atomic E-state index is -0.305. The van der Waals surface area contributed by atoms with Gasteiger partial charge in [-0.15, -0.1) is 0 Å². The summed E-state index contributed by atoms with van der Waals surface area (Å²) in [6.45, 7) is 2.39. The van der Waals surface area contributed by atoms with Crippen LogP contribution in [0.2, 0.25) is 0 Å². The van der Waals surface area contributed by atoms with Gasteiger partial charge in [-0.25, -0.2) is 4.79 Å². The van der Waals surface area contributed by atoms with Crippen LogP contribution in [-0.2, 0) is 11.2 Å². The first-order valence-electron chi connectivity index (χ1n) is 4.91. The van der Waals surface area contributed by atoms with Crippen LogP contribution in [-0.4, -0.2) is 12.6 Å². The standard InChI is InChI=1S/C12H13NO2/c1-2-9-15-12(14)11-5-3-10(4-6-11)7-8-13/h3-6H,2,7,9H2,1H3. The van der Waals surface area contributed by atoms with Crippen molar-refractivity contribution in [2.45, 2.75) is 19.8 Å². The van der Waals surface area contributed by atoms with Crippen molar-refractivity contribution in [2.24, 2.45) is 0 Å². The van der Waals surface area contributed by atoms with E-state index in [1.165, 1.54) is 0 Å². The van der Waals surface area contributed by atoms with Crippen LogP contribution in [0.15, 0.2) is 24.3 Å². The van der Waals surface area contributed by atoms with Crippen LogP contribution in [0, 0.1) is 11.3 Å². The van der Waals surface area contributed by atoms with Crippen molar-refractivity contribution in [1.29, 1.82) is 5.26 Å². The lowest BCUT2D eigenvalue weighted by Gasteiger charge is -2.03. The van der Waals surface area contributed by atoms with Gasteiger partial charge in [0.15, 0.2) is 0 Å². The number of hydrogen-bond acceptors (Lipinski definition) is 3. The summed E-state index contributed by atoms with van der Waals surface area (Å²) in [7, 11) is 0. The van der Waals surface area contributed by atoms with Crippen molar-refractivity contribution >= 4 is 5.97 Å². The molecule has 3 heteroatoms. The van der Waals surface area contributed by atoms with Crippen LogP contribution in [0.1, 0.15) is 29.3 Å². The number of carbonyl (C=O) groups excluding carboxylic acids is 1. The molecular weight excluding hydrogens is 190 g/mol. The van der Waals surface area contributed by atoms with Crippen LogP contribution >= 0.6 is 0 Å². The van der Waals surface area contributed by atoms with Crippen LogP contribution < -0.4 is 0 Å². The Hall–Kier alpha value is -1.82. The van der Waals surface area contributed by atoms with Crippen molar-refractivity contribution in [2.75, 3.05) is 6.61 Å². The molecule has 0 aliphatic carbocycles. The summed E-state index contributed by atoms with van der Waals surface area (Å²) in [4.78, 5) is 11.4. The molecule has 0 saturated carbocycles. The minimum Gasteiger partial charge on any atom is -0.462 e. The van der Waals surface area contributed by atoms with Gasteiger partial charge in [-0.2, -0.15) is 5.26 Å². The molecule has 0 aliphatic rings. The first kappa shape index (κ1) is 11.3. The molecule has 0 bridgehead atoms. The zero-order valence-electron chi connectivity index (χ0n) is 8.69. The molecule has 0 heterocycles. The van der Waals surface area contributed by atoms with E-state index in [0.717, 1.165) is 12.0 Å². The molecule has 15 heavy (non-hydrogen) atoms. The van der Waals surface area contributed by atoms with Gasteiger partial charge < -0.3 is 4.74 Å². The molecule has 0 atom stereocenters. The van der Waals surface area contributed by atoms with E-state index < -0.39 is 0 Å². The Bertz CT molecular complexity index is 362. The van der Waals surface area contributed by atoms with Gasteiger partial charge in [0.25, 0.3) is 0 Å². The summed E-state index contributed by atoms with van der Waals surface area (Å²) in [6, 6.07) is 8.96. The molecule has 0 aliphatic heterocycles. The van der Waals surface area contributed by atoms with E-state index in [1.807, 2.05) is 6.92 Å². The van der Waals surface area contributed by atoms with Crippen molar-refractivity contribution in [3.63, 3.8) is 0 Å². The Morgan fingerprint density at radius 1 is 1.40 bits per heavy atom. The summed E-state index contributed by atoms with van der Waals surface area (Å²) in [5.41, 5.74) is 1.44. The summed E-state index contributed by atoms with van der Waals surface area (Å²) in [5, 5.41) is 8.47. The fourth-order valence-electron chi connectivity index (χ4n) is 1.13. The summed E-state index contributed by atoms with van der Waals surface area (Å²) in [6.07, 6.45) is 1.18. The number of carbonyl (C=O) groups is 1. The number of benzene rings is 1. The summed E-state index contributed by atoms with van der Waals surface area (Å²) < 4.78 is 4.97. The number of hydrogen-bond donors (Lipinski definition) is 0. The first-order chi connectivity index (χ1) is 7.27. The lowest BCUT2D eigenvalue weighted by atomic mass is 10.1. The van der Waals surface area contributed by atoms with Gasteiger partial charge in [-0.05, 0) is 24.1 Å². The molecule has 78 valence electrons. The maximum Gasteiger partial charge on any atom is 0.338 e. The lowest BCUT2D eigenvalue weighted by molar-refractivity contribution is 0.0505. The predicted molar refractivity (Wildman–Crippen MR) is 56.3 cm³/mol. The van der Waals surface area contributed by atoms with Crippen molar-refractivity contribution in [3.05, 3.63) is 35.4 Å². The van der Waals surface area contributed by atoms with Gasteiger partial charge in [0.2, 0.25) is 0 Å². The third-order valence-corrected chi connectivity index (χ3v) is 1.91. The van der Waals surface area contributed by atoms with Gasteiger partial charge in [0, 0.05) is 0 Å². The number of rotatable bonds is 4. The van der Waals surface area contributed by atoms with E-state index in [-0.39, 0.29) is 5.97 Å². The molecule has 1 aromatic carbocycles. The van der Waals surface area contributed by atoms with Crippen LogP contribution in [0.25, 0.3) is 0 Å². The SMILES string of the molecule is CCCOC(=O)c1ccc(CC#N)cc1. The lowest BCUT2D eigenvalue weighted by Crippen LogP contribution is -2.05. The maximum absolute atomic E-state index is 11.4. The Kier molecular flexibility index (Phi) is 4.36. The zero-order valence-corrected chi connectivity index (χ0v) is 8.69. The van der Waals surface area contributed by atoms with E-state index in [9.17, 15) is 4.79 Å². The molecule has 0 aromatic heterocycles. The smallest absolute Gasteiger partial charge is 0.338 e. The highest BCUT2D eigenvalue weighted by Crippen LogP contribution is 2.06. The van der Waals surface area contributed by atoms with Gasteiger partial charge in [0.1, 0.15) is 0 Å². The largest absolute Gasteiger partial charge is 0.462 e. The van der Waals surface area contributed by atoms with E-state index in [2.05, 4.69) is 6.07 Å². The average Bonchev–Trinajstić information content (AvgIpc) is 2.27. The molecule has 0 radical (unpaired) electrons. The highest BCUT2D eigenvalue weighted by atomic mass is 16.5. The quantitative estimate of drug-likeness (QED) is 0.705. The average molecular weight is 203 g/mol. The van der Waals surface area contributed by atoms with E-state index in [4.69, 9.17) is 10.00 Å². The second kappa shape index (κ2) is 5.82. The van der Waals surface area contributed by atoms with Crippen LogP contribution in [0.3, 0.4) is 0 Å². The summed E-state index contributed by atoms with van der Waals surface area (Å²) >= 11 is 0. The van der Waals surface area contributed by atoms with Gasteiger partial charge in [0.05, 0.1) is 24.7 Å². The third kappa shape index (κ3) is 3.43. The summed E-state index contributed by atoms with van der Waals surface area (Å²) in [5.74, 6) is -0.305. The Balaban J connectivity index is 2.63. The fraction of sp³-hybridized carbons (Fsp3) is 0.333. The minimum absolute atomic E-state index is 0.305. The normalized spacial score (nSPS) is 9.33. The third-order valence-electron chi connectivity index (χ3n) is 1.91. The van der Waals surface area contributed by atoms with E-state index in [0.29, 0.717) is 18.6 Å². The van der Waals surface area contributed by atoms with Gasteiger partial charge in [-0.1, -0.05) is 19.1 Å². The van der Waals surface area contributed by atoms with Crippen molar-refractivity contribution in [3.8, 4) is 6.07 Å². The molecule has 1 rings (SSSR count). The molecular formula is C12H13NO2. The zero-order chi connectivity index (χ0) is 11.1. The van der Waals surface area contributed by atoms with Crippen molar-refractivity contribution < 1.29 is 9.53 Å². The van der Waals surface area contributed by atoms with E-state index >= 15 is 0 Å². The molecule has 0 saturated heterocycles. The molecule has 0 fully saturated rings. The Morgan fingerprint density at radius 3 is 2.60 bits per heavy atom. The fourth-order valence-corrected chi connectivity index (χ4v) is 1.13. The number of esters is 1. The Labute approximate surface area is 89.3 Å². The first-order valence-corrected chi connectivity index (χ1v) is 4.91. The van der Waals surface area contributed by atoms with Gasteiger partial charge in [-0.3, -0.25) is 0 Å². The molecule has 0 amide bonds. The van der Waals surface area contributed by atoms with Crippen molar-refractivity contribution in [1.82, 2.24) is 0 Å². The number of ether oxygens (including phenoxy) is 1. The Morgan fingerprint density at radius 2 is 2.07 bits per heavy atom. The molecule has 0 spiro atoms. The number of nitrogens with zero attached hydrogens (tertiary/aromatic N) is 1. The highest BCUT2D eigenvalue weighted by Gasteiger charge is 2.05. The van der Waals surface area contributed by atoms with E-state index in [1.54, 1.807) is 24.3 Å². The molecule has 3 nitrogen and oxygen atoms in total. The predicted octanol–water partition coefficient (Wildman–Crippen LogP) is 2.32. The second-order valence-electron chi connectivity index (χ2n) is 3.17. The second-order valence-corrected chi connectivity index (χ2v) is 3.17. The number of nitriles is 1. The molecule has 0 unspecified atom stereocenters. The van der Waals surface area contributed by atoms with Crippen LogP contribution in [0.5, 0.6) is 0 Å². The topological polar surface area (TPSA) is 50.1 Å². The molecule has 0 N–H and O–H groups in total. The maximum atomic E-state index is 11.4. The highest BCUT2D eigenvalue weighted by molar-refractivity contribution is 5.89. The van der Waals surface area contributed by atoms with Gasteiger partial charge >= 0.3 is 5.97 Å². The molecule has 1 aromatic rings. The van der Waals surface area contributed by atoms with Crippen LogP contribution in [0.4, 0.5) is 0 Å².